The fourth-order valence-electron chi connectivity index (χ4n) is 4.74. The number of carboxylic acids is 1. The Balaban J connectivity index is 1.97. The molecule has 0 aromatic carbocycles. The number of likely N-dealkylation sites (tertiary alicyclic amines) is 1. The molecule has 1 N–H and O–H groups in total. The minimum atomic E-state index is -1.07. The average Bonchev–Trinajstić information content (AvgIpc) is 3.43. The van der Waals surface area contributed by atoms with Gasteiger partial charge in [0, 0.05) is 36.9 Å². The first kappa shape index (κ1) is 26.3. The highest BCUT2D eigenvalue weighted by molar-refractivity contribution is 7.15. The summed E-state index contributed by atoms with van der Waals surface area (Å²) < 4.78 is 0. The Labute approximate surface area is 207 Å². The van der Waals surface area contributed by atoms with Crippen LogP contribution >= 0.6 is 11.3 Å². The van der Waals surface area contributed by atoms with E-state index in [9.17, 15) is 19.5 Å². The van der Waals surface area contributed by atoms with Crippen LogP contribution in [0.15, 0.2) is 6.07 Å². The van der Waals surface area contributed by atoms with Crippen molar-refractivity contribution in [2.75, 3.05) is 18.0 Å². The summed E-state index contributed by atoms with van der Waals surface area (Å²) in [5, 5.41) is 9.97. The lowest BCUT2D eigenvalue weighted by Gasteiger charge is -2.35. The zero-order valence-electron chi connectivity index (χ0n) is 21.1. The second-order valence-corrected chi connectivity index (χ2v) is 12.0. The summed E-state index contributed by atoms with van der Waals surface area (Å²) in [4.78, 5) is 43.1. The van der Waals surface area contributed by atoms with Gasteiger partial charge in [0.2, 0.25) is 11.8 Å². The molecule has 3 rings (SSSR count). The quantitative estimate of drug-likeness (QED) is 0.546. The number of nitrogens with zero attached hydrogens (tertiary/aromatic N) is 2. The smallest absolute Gasteiger partial charge is 0.348 e. The maximum atomic E-state index is 13.8. The van der Waals surface area contributed by atoms with Crippen LogP contribution in [0.3, 0.4) is 0 Å². The zero-order valence-corrected chi connectivity index (χ0v) is 22.0. The molecule has 1 aromatic heterocycles. The van der Waals surface area contributed by atoms with Crippen molar-refractivity contribution < 1.29 is 19.5 Å². The summed E-state index contributed by atoms with van der Waals surface area (Å²) in [5.41, 5.74) is 0.151. The van der Waals surface area contributed by atoms with E-state index in [1.54, 1.807) is 11.0 Å². The number of carbonyl (C=O) groups is 3. The topological polar surface area (TPSA) is 77.9 Å². The Morgan fingerprint density at radius 2 is 1.79 bits per heavy atom. The number of aromatic carboxylic acids is 1. The molecule has 1 saturated heterocycles. The van der Waals surface area contributed by atoms with Crippen LogP contribution in [-0.2, 0) is 9.59 Å². The zero-order chi connectivity index (χ0) is 25.0. The first-order valence-electron chi connectivity index (χ1n) is 12.5. The minimum absolute atomic E-state index is 0.0277. The molecule has 7 heteroatoms. The lowest BCUT2D eigenvalue weighted by atomic mass is 9.82. The molecule has 1 aromatic rings. The van der Waals surface area contributed by atoms with Crippen LogP contribution < -0.4 is 4.90 Å². The third-order valence-corrected chi connectivity index (χ3v) is 7.73. The van der Waals surface area contributed by atoms with Crippen molar-refractivity contribution in [1.29, 1.82) is 0 Å². The van der Waals surface area contributed by atoms with Gasteiger partial charge in [-0.3, -0.25) is 9.59 Å². The van der Waals surface area contributed by atoms with Crippen molar-refractivity contribution in [3.8, 4) is 11.8 Å². The lowest BCUT2D eigenvalue weighted by Crippen LogP contribution is -2.46. The number of thiophene rings is 1. The van der Waals surface area contributed by atoms with E-state index in [2.05, 4.69) is 18.8 Å². The van der Waals surface area contributed by atoms with Gasteiger partial charge in [0.1, 0.15) is 4.88 Å². The number of hydrogen-bond donors (Lipinski definition) is 1. The molecule has 2 heterocycles. The fourth-order valence-corrected chi connectivity index (χ4v) is 5.58. The molecule has 1 aliphatic heterocycles. The van der Waals surface area contributed by atoms with E-state index in [0.29, 0.717) is 16.5 Å². The largest absolute Gasteiger partial charge is 0.477 e. The summed E-state index contributed by atoms with van der Waals surface area (Å²) in [7, 11) is 0. The summed E-state index contributed by atoms with van der Waals surface area (Å²) in [6.45, 7) is 11.6. The Kier molecular flexibility index (Phi) is 8.46. The van der Waals surface area contributed by atoms with Crippen molar-refractivity contribution in [2.45, 2.75) is 85.6 Å². The number of amides is 2. The second-order valence-electron chi connectivity index (χ2n) is 10.9. The molecule has 2 amide bonds. The molecule has 0 bridgehead atoms. The van der Waals surface area contributed by atoms with E-state index < -0.39 is 12.0 Å². The van der Waals surface area contributed by atoms with Crippen LogP contribution in [0.1, 0.15) is 94.1 Å². The summed E-state index contributed by atoms with van der Waals surface area (Å²) in [5.74, 6) is 5.59. The van der Waals surface area contributed by atoms with Gasteiger partial charge < -0.3 is 14.9 Å². The molecule has 1 saturated carbocycles. The normalized spacial score (nSPS) is 21.5. The SMILES string of the molecule is CC1CCC(C(=O)N(c2cc(C#CC(C)(C)C)sc2C(=O)O)[C@H](C)CC(=O)N2CCCC2)CC1. The Morgan fingerprint density at radius 3 is 2.35 bits per heavy atom. The van der Waals surface area contributed by atoms with Gasteiger partial charge in [0.15, 0.2) is 0 Å². The predicted molar refractivity (Wildman–Crippen MR) is 136 cm³/mol. The molecule has 0 radical (unpaired) electrons. The molecule has 1 aliphatic carbocycles. The van der Waals surface area contributed by atoms with E-state index >= 15 is 0 Å². The van der Waals surface area contributed by atoms with Crippen LogP contribution in [0.4, 0.5) is 5.69 Å². The van der Waals surface area contributed by atoms with Crippen LogP contribution in [-0.4, -0.2) is 46.9 Å². The molecule has 0 spiro atoms. The van der Waals surface area contributed by atoms with Crippen LogP contribution in [0, 0.1) is 29.1 Å². The van der Waals surface area contributed by atoms with Crippen molar-refractivity contribution in [3.63, 3.8) is 0 Å². The molecular weight excluding hydrogens is 448 g/mol. The standard InChI is InChI=1S/C27H38N2O4S/c1-18-8-10-20(11-9-18)25(31)29(19(2)16-23(30)28-14-6-7-15-28)22-17-21(12-13-27(3,4)5)34-24(22)26(32)33/h17-20H,6-11,14-16H2,1-5H3,(H,32,33)/t18?,19-,20?/m1/s1. The molecule has 2 fully saturated rings. The molecule has 1 atom stereocenters. The third-order valence-electron chi connectivity index (χ3n) is 6.70. The molecule has 6 nitrogen and oxygen atoms in total. The van der Waals surface area contributed by atoms with Crippen LogP contribution in [0.5, 0.6) is 0 Å². The predicted octanol–water partition coefficient (Wildman–Crippen LogP) is 5.40. The Hall–Kier alpha value is -2.33. The van der Waals surface area contributed by atoms with Gasteiger partial charge in [-0.2, -0.15) is 0 Å². The van der Waals surface area contributed by atoms with Gasteiger partial charge in [-0.05, 0) is 78.2 Å². The van der Waals surface area contributed by atoms with Crippen molar-refractivity contribution >= 4 is 34.8 Å². The van der Waals surface area contributed by atoms with Crippen LogP contribution in [0.25, 0.3) is 0 Å². The monoisotopic (exact) mass is 486 g/mol. The van der Waals surface area contributed by atoms with E-state index in [-0.39, 0.29) is 34.4 Å². The fraction of sp³-hybridized carbons (Fsp3) is 0.667. The number of rotatable bonds is 6. The minimum Gasteiger partial charge on any atom is -0.477 e. The number of carbonyl (C=O) groups excluding carboxylic acids is 2. The van der Waals surface area contributed by atoms with Gasteiger partial charge >= 0.3 is 5.97 Å². The molecule has 34 heavy (non-hydrogen) atoms. The molecule has 186 valence electrons. The number of carboxylic acid groups (broad SMARTS) is 1. The van der Waals surface area contributed by atoms with E-state index in [0.717, 1.165) is 63.0 Å². The van der Waals surface area contributed by atoms with Gasteiger partial charge in [-0.25, -0.2) is 4.79 Å². The lowest BCUT2D eigenvalue weighted by molar-refractivity contribution is -0.130. The summed E-state index contributed by atoms with van der Waals surface area (Å²) in [6.07, 6.45) is 5.77. The summed E-state index contributed by atoms with van der Waals surface area (Å²) in [6, 6.07) is 1.30. The second kappa shape index (κ2) is 10.9. The molecule has 0 unspecified atom stereocenters. The van der Waals surface area contributed by atoms with Gasteiger partial charge in [-0.1, -0.05) is 18.8 Å². The van der Waals surface area contributed by atoms with Gasteiger partial charge in [0.05, 0.1) is 10.6 Å². The number of hydrogen-bond acceptors (Lipinski definition) is 4. The Bertz CT molecular complexity index is 967. The molecular formula is C27H38N2O4S. The van der Waals surface area contributed by atoms with E-state index in [4.69, 9.17) is 0 Å². The van der Waals surface area contributed by atoms with Gasteiger partial charge in [-0.15, -0.1) is 11.3 Å². The highest BCUT2D eigenvalue weighted by atomic mass is 32.1. The maximum Gasteiger partial charge on any atom is 0.348 e. The maximum absolute atomic E-state index is 13.8. The third kappa shape index (κ3) is 6.63. The van der Waals surface area contributed by atoms with Crippen molar-refractivity contribution in [2.24, 2.45) is 17.3 Å². The number of anilines is 1. The van der Waals surface area contributed by atoms with Crippen molar-refractivity contribution in [3.05, 3.63) is 15.8 Å². The van der Waals surface area contributed by atoms with Crippen molar-refractivity contribution in [1.82, 2.24) is 4.90 Å². The Morgan fingerprint density at radius 1 is 1.18 bits per heavy atom. The average molecular weight is 487 g/mol. The highest BCUT2D eigenvalue weighted by Gasteiger charge is 2.35. The first-order chi connectivity index (χ1) is 16.0. The highest BCUT2D eigenvalue weighted by Crippen LogP contribution is 2.37. The first-order valence-corrected chi connectivity index (χ1v) is 13.3. The van der Waals surface area contributed by atoms with E-state index in [1.165, 1.54) is 0 Å². The molecule has 2 aliphatic rings. The summed E-state index contributed by atoms with van der Waals surface area (Å²) >= 11 is 1.10. The van der Waals surface area contributed by atoms with E-state index in [1.807, 2.05) is 32.6 Å². The van der Waals surface area contributed by atoms with Gasteiger partial charge in [0.25, 0.3) is 0 Å². The van der Waals surface area contributed by atoms with Crippen LogP contribution in [0.2, 0.25) is 0 Å².